The molecule has 3 nitrogen and oxygen atoms in total. The molecular weight excluding hydrogens is 150 g/mol. The van der Waals surface area contributed by atoms with E-state index in [0.717, 1.165) is 0 Å². The molecule has 62 valence electrons. The van der Waals surface area contributed by atoms with Gasteiger partial charge in [0.15, 0.2) is 0 Å². The molecule has 0 aliphatic heterocycles. The van der Waals surface area contributed by atoms with Gasteiger partial charge in [0.05, 0.1) is 18.8 Å². The minimum Gasteiger partial charge on any atom is -0.395 e. The van der Waals surface area contributed by atoms with Gasteiger partial charge in [0.1, 0.15) is 0 Å². The van der Waals surface area contributed by atoms with Gasteiger partial charge in [-0.15, -0.1) is 0 Å². The molecule has 0 aromatic heterocycles. The molecule has 3 N–H and O–H groups in total. The zero-order valence-electron chi connectivity index (χ0n) is 6.37. The lowest BCUT2D eigenvalue weighted by molar-refractivity contribution is 0.111. The summed E-state index contributed by atoms with van der Waals surface area (Å²) < 4.78 is 0. The second-order valence-corrected chi connectivity index (χ2v) is 3.01. The van der Waals surface area contributed by atoms with Crippen LogP contribution in [0.25, 0.3) is 0 Å². The van der Waals surface area contributed by atoms with Gasteiger partial charge in [-0.3, -0.25) is 0 Å². The summed E-state index contributed by atoms with van der Waals surface area (Å²) >= 11 is 1.57. The van der Waals surface area contributed by atoms with Crippen molar-refractivity contribution in [3.05, 3.63) is 0 Å². The van der Waals surface area contributed by atoms with Gasteiger partial charge in [0.25, 0.3) is 0 Å². The van der Waals surface area contributed by atoms with E-state index in [0.29, 0.717) is 5.75 Å². The van der Waals surface area contributed by atoms with Crippen LogP contribution >= 0.6 is 11.8 Å². The van der Waals surface area contributed by atoms with Crippen molar-refractivity contribution in [2.24, 2.45) is 0 Å². The van der Waals surface area contributed by atoms with Crippen LogP contribution in [0.2, 0.25) is 0 Å². The lowest BCUT2D eigenvalue weighted by Gasteiger charge is -2.18. The lowest BCUT2D eigenvalue weighted by atomic mass is 10.2. The van der Waals surface area contributed by atoms with Crippen LogP contribution < -0.4 is 5.32 Å². The quantitative estimate of drug-likeness (QED) is 0.504. The van der Waals surface area contributed by atoms with Crippen molar-refractivity contribution < 1.29 is 10.2 Å². The largest absolute Gasteiger partial charge is 0.395 e. The SMILES string of the molecule is CN[C@@H](CO)[C@@H](O)CSC. The molecule has 0 spiro atoms. The highest BCUT2D eigenvalue weighted by atomic mass is 32.2. The summed E-state index contributed by atoms with van der Waals surface area (Å²) in [6, 6.07) is -0.188. The fourth-order valence-corrected chi connectivity index (χ4v) is 1.27. The number of nitrogens with one attached hydrogen (secondary N) is 1. The van der Waals surface area contributed by atoms with E-state index in [-0.39, 0.29) is 12.6 Å². The molecule has 0 aromatic carbocycles. The summed E-state index contributed by atoms with van der Waals surface area (Å²) in [5.74, 6) is 0.659. The molecule has 0 aromatic rings. The van der Waals surface area contributed by atoms with Crippen LogP contribution in [0.3, 0.4) is 0 Å². The van der Waals surface area contributed by atoms with Crippen molar-refractivity contribution in [3.8, 4) is 0 Å². The Morgan fingerprint density at radius 3 is 2.50 bits per heavy atom. The van der Waals surface area contributed by atoms with E-state index in [1.807, 2.05) is 6.26 Å². The summed E-state index contributed by atoms with van der Waals surface area (Å²) in [6.45, 7) is -0.0156. The van der Waals surface area contributed by atoms with E-state index >= 15 is 0 Å². The molecule has 0 radical (unpaired) electrons. The van der Waals surface area contributed by atoms with Crippen LogP contribution in [-0.4, -0.2) is 48.0 Å². The van der Waals surface area contributed by atoms with Gasteiger partial charge in [0.2, 0.25) is 0 Å². The van der Waals surface area contributed by atoms with Gasteiger partial charge in [-0.25, -0.2) is 0 Å². The first-order chi connectivity index (χ1) is 4.76. The molecule has 2 atom stereocenters. The van der Waals surface area contributed by atoms with E-state index in [2.05, 4.69) is 5.32 Å². The molecule has 4 heteroatoms. The Kier molecular flexibility index (Phi) is 6.11. The van der Waals surface area contributed by atoms with Crippen LogP contribution in [-0.2, 0) is 0 Å². The molecule has 0 rings (SSSR count). The zero-order valence-corrected chi connectivity index (χ0v) is 7.19. The van der Waals surface area contributed by atoms with E-state index in [9.17, 15) is 5.11 Å². The maximum Gasteiger partial charge on any atom is 0.0805 e. The molecule has 0 amide bonds. The number of rotatable bonds is 5. The Morgan fingerprint density at radius 2 is 2.20 bits per heavy atom. The number of likely N-dealkylation sites (N-methyl/N-ethyl adjacent to an activating group) is 1. The second-order valence-electron chi connectivity index (χ2n) is 2.10. The van der Waals surface area contributed by atoms with Gasteiger partial charge in [-0.2, -0.15) is 11.8 Å². The van der Waals surface area contributed by atoms with E-state index in [1.54, 1.807) is 18.8 Å². The Hall–Kier alpha value is 0.230. The zero-order chi connectivity index (χ0) is 7.98. The number of thioether (sulfide) groups is 1. The van der Waals surface area contributed by atoms with Crippen LogP contribution in [0.4, 0.5) is 0 Å². The minimum atomic E-state index is -0.454. The number of aliphatic hydroxyl groups excluding tert-OH is 2. The van der Waals surface area contributed by atoms with Gasteiger partial charge >= 0.3 is 0 Å². The topological polar surface area (TPSA) is 52.5 Å². The predicted molar refractivity (Wildman–Crippen MR) is 44.3 cm³/mol. The summed E-state index contributed by atoms with van der Waals surface area (Å²) in [5.41, 5.74) is 0. The standard InChI is InChI=1S/C6H15NO2S/c1-7-5(3-8)6(9)4-10-2/h5-9H,3-4H2,1-2H3/t5-,6-/m0/s1. The third-order valence-corrected chi connectivity index (χ3v) is 2.04. The number of hydrogen-bond acceptors (Lipinski definition) is 4. The summed E-state index contributed by atoms with van der Waals surface area (Å²) in [6.07, 6.45) is 1.47. The molecule has 0 bridgehead atoms. The highest BCUT2D eigenvalue weighted by molar-refractivity contribution is 7.98. The van der Waals surface area contributed by atoms with Gasteiger partial charge in [-0.05, 0) is 13.3 Å². The third kappa shape index (κ3) is 3.41. The molecular formula is C6H15NO2S. The fraction of sp³-hybridized carbons (Fsp3) is 1.00. The van der Waals surface area contributed by atoms with Crippen molar-refractivity contribution in [2.75, 3.05) is 25.7 Å². The fourth-order valence-electron chi connectivity index (χ4n) is 0.692. The molecule has 0 fully saturated rings. The monoisotopic (exact) mass is 165 g/mol. The molecule has 0 saturated carbocycles. The Labute approximate surface area is 65.8 Å². The molecule has 0 aliphatic carbocycles. The van der Waals surface area contributed by atoms with Crippen molar-refractivity contribution in [1.82, 2.24) is 5.32 Å². The Bertz CT molecular complexity index is 78.1. The average molecular weight is 165 g/mol. The van der Waals surface area contributed by atoms with Gasteiger partial charge in [0, 0.05) is 5.75 Å². The van der Waals surface area contributed by atoms with E-state index in [4.69, 9.17) is 5.11 Å². The maximum atomic E-state index is 9.27. The Morgan fingerprint density at radius 1 is 1.60 bits per heavy atom. The van der Waals surface area contributed by atoms with Crippen molar-refractivity contribution in [2.45, 2.75) is 12.1 Å². The van der Waals surface area contributed by atoms with Crippen LogP contribution in [0.1, 0.15) is 0 Å². The van der Waals surface area contributed by atoms with E-state index < -0.39 is 6.10 Å². The van der Waals surface area contributed by atoms with E-state index in [1.165, 1.54) is 0 Å². The molecule has 0 saturated heterocycles. The van der Waals surface area contributed by atoms with Gasteiger partial charge in [-0.1, -0.05) is 0 Å². The summed E-state index contributed by atoms with van der Waals surface area (Å²) in [5, 5.41) is 20.8. The van der Waals surface area contributed by atoms with Crippen LogP contribution in [0.5, 0.6) is 0 Å². The first-order valence-corrected chi connectivity index (χ1v) is 4.60. The van der Waals surface area contributed by atoms with Crippen molar-refractivity contribution in [1.29, 1.82) is 0 Å². The molecule has 10 heavy (non-hydrogen) atoms. The third-order valence-electron chi connectivity index (χ3n) is 1.37. The summed E-state index contributed by atoms with van der Waals surface area (Å²) in [7, 11) is 1.73. The van der Waals surface area contributed by atoms with Crippen molar-refractivity contribution in [3.63, 3.8) is 0 Å². The molecule has 0 heterocycles. The molecule has 0 aliphatic rings. The van der Waals surface area contributed by atoms with Crippen LogP contribution in [0.15, 0.2) is 0 Å². The minimum absolute atomic E-state index is 0.0156. The average Bonchev–Trinajstić information content (AvgIpc) is 1.91. The lowest BCUT2D eigenvalue weighted by Crippen LogP contribution is -2.41. The molecule has 0 unspecified atom stereocenters. The highest BCUT2D eigenvalue weighted by Crippen LogP contribution is 2.00. The maximum absolute atomic E-state index is 9.27. The number of aliphatic hydroxyl groups is 2. The summed E-state index contributed by atoms with van der Waals surface area (Å²) in [4.78, 5) is 0. The number of hydrogen-bond donors (Lipinski definition) is 3. The van der Waals surface area contributed by atoms with Crippen molar-refractivity contribution >= 4 is 11.8 Å². The normalized spacial score (nSPS) is 16.8. The smallest absolute Gasteiger partial charge is 0.0805 e. The van der Waals surface area contributed by atoms with Gasteiger partial charge < -0.3 is 15.5 Å². The highest BCUT2D eigenvalue weighted by Gasteiger charge is 2.14. The predicted octanol–water partition coefficient (Wildman–Crippen LogP) is -0.709. The first kappa shape index (κ1) is 10.2. The van der Waals surface area contributed by atoms with Crippen LogP contribution in [0, 0.1) is 0 Å². The first-order valence-electron chi connectivity index (χ1n) is 3.21. The second kappa shape index (κ2) is 5.97. The Balaban J connectivity index is 3.53.